The van der Waals surface area contributed by atoms with Gasteiger partial charge in [-0.2, -0.15) is 0 Å². The van der Waals surface area contributed by atoms with E-state index in [4.69, 9.17) is 9.47 Å². The monoisotopic (exact) mass is 474 g/mol. The van der Waals surface area contributed by atoms with Gasteiger partial charge in [-0.1, -0.05) is 86.7 Å². The summed E-state index contributed by atoms with van der Waals surface area (Å²) < 4.78 is 11.4. The number of carbonyl (C=O) groups excluding carboxylic acids is 2. The van der Waals surface area contributed by atoms with Crippen molar-refractivity contribution in [3.8, 4) is 11.1 Å². The number of hydrogen-bond acceptors (Lipinski definition) is 5. The van der Waals surface area contributed by atoms with Crippen molar-refractivity contribution in [2.45, 2.75) is 69.7 Å². The van der Waals surface area contributed by atoms with E-state index in [0.29, 0.717) is 24.3 Å². The summed E-state index contributed by atoms with van der Waals surface area (Å²) in [6.45, 7) is 0. The van der Waals surface area contributed by atoms with Crippen LogP contribution in [0.4, 0.5) is 0 Å². The first-order valence-corrected chi connectivity index (χ1v) is 13.0. The van der Waals surface area contributed by atoms with E-state index in [9.17, 15) is 14.7 Å². The van der Waals surface area contributed by atoms with E-state index in [1.165, 1.54) is 32.1 Å². The molecule has 0 radical (unpaired) electrons. The standard InChI is InChI=1S/C30H34O5/c31-24(17-20-7-3-1-4-8-20)15-16-25-26-18-29(32)34-28(26)19-27(25)35-30(33)23-13-11-22(12-14-23)21-9-5-2-6-10-21/h2,5-6,9-16,20,24-28,31H,1,3-4,7-8,17-19H2/b16-15+/t24?,25-,26-,27-,28+/m1/s1. The number of benzene rings is 2. The topological polar surface area (TPSA) is 72.8 Å². The van der Waals surface area contributed by atoms with E-state index in [2.05, 4.69) is 0 Å². The summed E-state index contributed by atoms with van der Waals surface area (Å²) in [7, 11) is 0. The lowest BCUT2D eigenvalue weighted by atomic mass is 9.85. The van der Waals surface area contributed by atoms with Crippen LogP contribution < -0.4 is 0 Å². The van der Waals surface area contributed by atoms with Gasteiger partial charge in [0, 0.05) is 18.3 Å². The fourth-order valence-electron chi connectivity index (χ4n) is 6.02. The van der Waals surface area contributed by atoms with Crippen LogP contribution in [-0.2, 0) is 14.3 Å². The lowest BCUT2D eigenvalue weighted by Crippen LogP contribution is -2.25. The first-order valence-electron chi connectivity index (χ1n) is 13.0. The Balaban J connectivity index is 1.25. The number of rotatable bonds is 7. The minimum atomic E-state index is -0.517. The fraction of sp³-hybridized carbons (Fsp3) is 0.467. The van der Waals surface area contributed by atoms with Gasteiger partial charge < -0.3 is 14.6 Å². The van der Waals surface area contributed by atoms with Gasteiger partial charge in [0.15, 0.2) is 0 Å². The number of carbonyl (C=O) groups is 2. The van der Waals surface area contributed by atoms with Gasteiger partial charge in [-0.05, 0) is 35.6 Å². The van der Waals surface area contributed by atoms with Crippen LogP contribution in [0.1, 0.15) is 61.7 Å². The van der Waals surface area contributed by atoms with Crippen LogP contribution in [0.25, 0.3) is 11.1 Å². The molecule has 2 aromatic rings. The smallest absolute Gasteiger partial charge is 0.338 e. The Hall–Kier alpha value is -2.92. The van der Waals surface area contributed by atoms with E-state index >= 15 is 0 Å². The molecule has 5 atom stereocenters. The number of fused-ring (bicyclic) bond motifs is 1. The maximum atomic E-state index is 13.0. The Morgan fingerprint density at radius 2 is 1.74 bits per heavy atom. The van der Waals surface area contributed by atoms with Gasteiger partial charge in [0.1, 0.15) is 12.2 Å². The number of ether oxygens (including phenoxy) is 2. The third kappa shape index (κ3) is 5.67. The quantitative estimate of drug-likeness (QED) is 0.411. The molecule has 0 aromatic heterocycles. The Morgan fingerprint density at radius 3 is 2.49 bits per heavy atom. The third-order valence-electron chi connectivity index (χ3n) is 7.89. The average molecular weight is 475 g/mol. The van der Waals surface area contributed by atoms with Crippen molar-refractivity contribution in [3.05, 3.63) is 72.3 Å². The van der Waals surface area contributed by atoms with E-state index in [1.54, 1.807) is 12.1 Å². The summed E-state index contributed by atoms with van der Waals surface area (Å²) >= 11 is 0. The molecule has 5 rings (SSSR count). The lowest BCUT2D eigenvalue weighted by Gasteiger charge is -2.24. The van der Waals surface area contributed by atoms with Crippen LogP contribution in [0.15, 0.2) is 66.7 Å². The van der Waals surface area contributed by atoms with E-state index in [-0.39, 0.29) is 36.0 Å². The van der Waals surface area contributed by atoms with Gasteiger partial charge in [0.05, 0.1) is 18.1 Å². The molecule has 1 N–H and O–H groups in total. The Kier molecular flexibility index (Phi) is 7.33. The summed E-state index contributed by atoms with van der Waals surface area (Å²) in [6, 6.07) is 17.5. The van der Waals surface area contributed by atoms with Crippen LogP contribution in [0.3, 0.4) is 0 Å². The van der Waals surface area contributed by atoms with Crippen molar-refractivity contribution in [1.29, 1.82) is 0 Å². The molecule has 5 nitrogen and oxygen atoms in total. The molecular formula is C30H34O5. The molecule has 1 heterocycles. The van der Waals surface area contributed by atoms with Gasteiger partial charge >= 0.3 is 11.9 Å². The molecule has 184 valence electrons. The van der Waals surface area contributed by atoms with Gasteiger partial charge in [0.25, 0.3) is 0 Å². The molecule has 2 aromatic carbocycles. The highest BCUT2D eigenvalue weighted by Crippen LogP contribution is 2.44. The average Bonchev–Trinajstić information content (AvgIpc) is 3.39. The zero-order chi connectivity index (χ0) is 24.2. The molecule has 0 bridgehead atoms. The number of esters is 2. The molecule has 0 amide bonds. The highest BCUT2D eigenvalue weighted by Gasteiger charge is 2.50. The second kappa shape index (κ2) is 10.8. The van der Waals surface area contributed by atoms with Gasteiger partial charge in [-0.25, -0.2) is 4.79 Å². The van der Waals surface area contributed by atoms with Crippen molar-refractivity contribution in [2.75, 3.05) is 0 Å². The predicted molar refractivity (Wildman–Crippen MR) is 134 cm³/mol. The molecule has 1 saturated heterocycles. The molecule has 3 fully saturated rings. The number of aliphatic hydroxyl groups excluding tert-OH is 1. The molecule has 5 heteroatoms. The Labute approximate surface area is 207 Å². The van der Waals surface area contributed by atoms with Crippen LogP contribution in [0, 0.1) is 17.8 Å². The number of hydrogen-bond donors (Lipinski definition) is 1. The normalized spacial score (nSPS) is 27.5. The maximum Gasteiger partial charge on any atom is 0.338 e. The first-order chi connectivity index (χ1) is 17.1. The van der Waals surface area contributed by atoms with Crippen LogP contribution in [-0.4, -0.2) is 35.4 Å². The minimum absolute atomic E-state index is 0.0149. The van der Waals surface area contributed by atoms with Gasteiger partial charge in [-0.15, -0.1) is 0 Å². The van der Waals surface area contributed by atoms with E-state index < -0.39 is 6.10 Å². The van der Waals surface area contributed by atoms with Gasteiger partial charge in [0.2, 0.25) is 0 Å². The number of aliphatic hydroxyl groups is 1. The van der Waals surface area contributed by atoms with Crippen LogP contribution in [0.2, 0.25) is 0 Å². The van der Waals surface area contributed by atoms with Crippen LogP contribution >= 0.6 is 0 Å². The molecular weight excluding hydrogens is 440 g/mol. The Bertz CT molecular complexity index is 1040. The maximum absolute atomic E-state index is 13.0. The van der Waals surface area contributed by atoms with E-state index in [1.807, 2.05) is 54.6 Å². The SMILES string of the molecule is O=C1C[C@@H]2[C@@H](/C=C/C(O)CC3CCCCC3)[C@H](OC(=O)c3ccc(-c4ccccc4)cc3)C[C@@H]2O1. The molecule has 3 aliphatic rings. The lowest BCUT2D eigenvalue weighted by molar-refractivity contribution is -0.141. The van der Waals surface area contributed by atoms with Crippen molar-refractivity contribution in [3.63, 3.8) is 0 Å². The second-order valence-corrected chi connectivity index (χ2v) is 10.3. The zero-order valence-corrected chi connectivity index (χ0v) is 20.1. The minimum Gasteiger partial charge on any atom is -0.462 e. The summed E-state index contributed by atoms with van der Waals surface area (Å²) in [5, 5.41) is 10.6. The van der Waals surface area contributed by atoms with Crippen molar-refractivity contribution in [2.24, 2.45) is 17.8 Å². The molecule has 1 aliphatic heterocycles. The zero-order valence-electron chi connectivity index (χ0n) is 20.1. The summed E-state index contributed by atoms with van der Waals surface area (Å²) in [5.74, 6) is -0.146. The fourth-order valence-corrected chi connectivity index (χ4v) is 6.02. The first kappa shape index (κ1) is 23.8. The molecule has 35 heavy (non-hydrogen) atoms. The van der Waals surface area contributed by atoms with Crippen molar-refractivity contribution in [1.82, 2.24) is 0 Å². The largest absolute Gasteiger partial charge is 0.462 e. The highest BCUT2D eigenvalue weighted by molar-refractivity contribution is 5.90. The highest BCUT2D eigenvalue weighted by atomic mass is 16.6. The predicted octanol–water partition coefficient (Wildman–Crippen LogP) is 5.72. The molecule has 0 spiro atoms. The second-order valence-electron chi connectivity index (χ2n) is 10.3. The molecule has 2 aliphatic carbocycles. The Morgan fingerprint density at radius 1 is 1.03 bits per heavy atom. The summed E-state index contributed by atoms with van der Waals surface area (Å²) in [4.78, 5) is 24.9. The molecule has 2 saturated carbocycles. The van der Waals surface area contributed by atoms with Crippen molar-refractivity contribution >= 4 is 11.9 Å². The van der Waals surface area contributed by atoms with Gasteiger partial charge in [-0.3, -0.25) is 4.79 Å². The van der Waals surface area contributed by atoms with E-state index in [0.717, 1.165) is 17.5 Å². The third-order valence-corrected chi connectivity index (χ3v) is 7.89. The molecule has 1 unspecified atom stereocenters. The van der Waals surface area contributed by atoms with Crippen molar-refractivity contribution < 1.29 is 24.2 Å². The summed E-state index contributed by atoms with van der Waals surface area (Å²) in [6.07, 6.45) is 10.5. The summed E-state index contributed by atoms with van der Waals surface area (Å²) in [5.41, 5.74) is 2.63. The van der Waals surface area contributed by atoms with Crippen LogP contribution in [0.5, 0.6) is 0 Å².